The molecule has 2 N–H and O–H groups in total. The summed E-state index contributed by atoms with van der Waals surface area (Å²) in [6.45, 7) is 8.47. The first-order valence-corrected chi connectivity index (χ1v) is 7.52. The first kappa shape index (κ1) is 14.5. The fraction of sp³-hybridized carbons (Fsp3) is 0.400. The van der Waals surface area contributed by atoms with Crippen molar-refractivity contribution in [1.29, 1.82) is 0 Å². The molecule has 0 spiro atoms. The van der Waals surface area contributed by atoms with Crippen molar-refractivity contribution >= 4 is 22.9 Å². The largest absolute Gasteiger partial charge is 0.323 e. The second-order valence-electron chi connectivity index (χ2n) is 5.75. The van der Waals surface area contributed by atoms with E-state index >= 15 is 0 Å². The third-order valence-corrected chi connectivity index (χ3v) is 4.50. The molecule has 2 rings (SSSR count). The summed E-state index contributed by atoms with van der Waals surface area (Å²) in [5.74, 6) is 0. The lowest BCUT2D eigenvalue weighted by Crippen LogP contribution is -2.17. The second-order valence-corrected chi connectivity index (χ2v) is 7.19. The van der Waals surface area contributed by atoms with E-state index < -0.39 is 0 Å². The summed E-state index contributed by atoms with van der Waals surface area (Å²) in [5, 5.41) is 1.68. The molecular weight excluding hydrogens is 276 g/mol. The van der Waals surface area contributed by atoms with E-state index in [9.17, 15) is 0 Å². The third kappa shape index (κ3) is 2.99. The molecule has 1 unspecified atom stereocenters. The maximum absolute atomic E-state index is 6.25. The standard InChI is InChI=1S/C15H19ClN2S/c1-9(17)12-13(15(2,3)4)18-14(19-12)10-7-5-6-8-11(10)16/h5-9H,17H2,1-4H3. The first-order chi connectivity index (χ1) is 8.80. The molecule has 0 aliphatic carbocycles. The van der Waals surface area contributed by atoms with Crippen LogP contribution >= 0.6 is 22.9 Å². The highest BCUT2D eigenvalue weighted by atomic mass is 35.5. The Labute approximate surface area is 123 Å². The van der Waals surface area contributed by atoms with Crippen LogP contribution in [0.1, 0.15) is 44.3 Å². The van der Waals surface area contributed by atoms with Gasteiger partial charge in [0.25, 0.3) is 0 Å². The topological polar surface area (TPSA) is 38.9 Å². The molecule has 2 nitrogen and oxygen atoms in total. The predicted molar refractivity (Wildman–Crippen MR) is 83.9 cm³/mol. The Bertz CT molecular complexity index is 582. The number of hydrogen-bond donors (Lipinski definition) is 1. The lowest BCUT2D eigenvalue weighted by Gasteiger charge is -2.18. The highest BCUT2D eigenvalue weighted by Crippen LogP contribution is 2.38. The molecule has 1 aromatic heterocycles. The summed E-state index contributed by atoms with van der Waals surface area (Å²) in [4.78, 5) is 5.93. The van der Waals surface area contributed by atoms with Gasteiger partial charge in [-0.05, 0) is 13.0 Å². The van der Waals surface area contributed by atoms with Crippen LogP contribution in [0.5, 0.6) is 0 Å². The zero-order valence-corrected chi connectivity index (χ0v) is 13.3. The molecule has 4 heteroatoms. The van der Waals surface area contributed by atoms with Crippen LogP contribution in [0.4, 0.5) is 0 Å². The number of aromatic nitrogens is 1. The first-order valence-electron chi connectivity index (χ1n) is 6.32. The quantitative estimate of drug-likeness (QED) is 0.865. The zero-order valence-electron chi connectivity index (χ0n) is 11.7. The van der Waals surface area contributed by atoms with Crippen LogP contribution < -0.4 is 5.73 Å². The molecule has 0 radical (unpaired) electrons. The van der Waals surface area contributed by atoms with E-state index in [0.29, 0.717) is 0 Å². The maximum Gasteiger partial charge on any atom is 0.125 e. The van der Waals surface area contributed by atoms with Crippen molar-refractivity contribution in [3.05, 3.63) is 39.9 Å². The van der Waals surface area contributed by atoms with Gasteiger partial charge in [0.15, 0.2) is 0 Å². The van der Waals surface area contributed by atoms with E-state index in [4.69, 9.17) is 22.3 Å². The molecule has 19 heavy (non-hydrogen) atoms. The monoisotopic (exact) mass is 294 g/mol. The SMILES string of the molecule is CC(N)c1sc(-c2ccccc2Cl)nc1C(C)(C)C. The number of nitrogens with two attached hydrogens (primary N) is 1. The van der Waals surface area contributed by atoms with Crippen LogP contribution in [0.15, 0.2) is 24.3 Å². The number of hydrogen-bond acceptors (Lipinski definition) is 3. The number of rotatable bonds is 2. The molecule has 0 aliphatic heterocycles. The second kappa shape index (κ2) is 5.23. The normalized spacial score (nSPS) is 13.6. The molecule has 1 aromatic carbocycles. The minimum absolute atomic E-state index is 0.0111. The molecule has 0 amide bonds. The van der Waals surface area contributed by atoms with Gasteiger partial charge in [-0.2, -0.15) is 0 Å². The molecule has 0 saturated carbocycles. The molecule has 1 atom stereocenters. The van der Waals surface area contributed by atoms with Crippen LogP contribution in [0.2, 0.25) is 5.02 Å². The smallest absolute Gasteiger partial charge is 0.125 e. The van der Waals surface area contributed by atoms with Crippen LogP contribution in [0, 0.1) is 0 Å². The Balaban J connectivity index is 2.59. The molecule has 1 heterocycles. The predicted octanol–water partition coefficient (Wildman–Crippen LogP) is 4.78. The van der Waals surface area contributed by atoms with E-state index in [0.717, 1.165) is 26.2 Å². The molecule has 0 saturated heterocycles. The Morgan fingerprint density at radius 3 is 2.37 bits per heavy atom. The van der Waals surface area contributed by atoms with Crippen LogP contribution in [-0.2, 0) is 5.41 Å². The Hall–Kier alpha value is -0.900. The summed E-state index contributed by atoms with van der Waals surface area (Å²) in [7, 11) is 0. The fourth-order valence-corrected chi connectivity index (χ4v) is 3.48. The van der Waals surface area contributed by atoms with Gasteiger partial charge in [-0.15, -0.1) is 11.3 Å². The van der Waals surface area contributed by atoms with Gasteiger partial charge in [0.2, 0.25) is 0 Å². The van der Waals surface area contributed by atoms with Crippen LogP contribution in [-0.4, -0.2) is 4.98 Å². The van der Waals surface area contributed by atoms with E-state index in [1.807, 2.05) is 31.2 Å². The van der Waals surface area contributed by atoms with Crippen molar-refractivity contribution in [1.82, 2.24) is 4.98 Å². The summed E-state index contributed by atoms with van der Waals surface area (Å²) >= 11 is 7.89. The van der Waals surface area contributed by atoms with Gasteiger partial charge in [0.05, 0.1) is 10.7 Å². The van der Waals surface area contributed by atoms with E-state index in [2.05, 4.69) is 20.8 Å². The van der Waals surface area contributed by atoms with Crippen LogP contribution in [0.3, 0.4) is 0 Å². The minimum Gasteiger partial charge on any atom is -0.323 e. The number of nitrogens with zero attached hydrogens (tertiary/aromatic N) is 1. The van der Waals surface area contributed by atoms with Crippen molar-refractivity contribution in [3.63, 3.8) is 0 Å². The highest BCUT2D eigenvalue weighted by Gasteiger charge is 2.25. The van der Waals surface area contributed by atoms with Crippen molar-refractivity contribution < 1.29 is 0 Å². The lowest BCUT2D eigenvalue weighted by atomic mass is 9.90. The van der Waals surface area contributed by atoms with E-state index in [1.54, 1.807) is 11.3 Å². The van der Waals surface area contributed by atoms with Crippen molar-refractivity contribution in [3.8, 4) is 10.6 Å². The molecule has 102 valence electrons. The molecular formula is C15H19ClN2S. The average Bonchev–Trinajstić information content (AvgIpc) is 2.74. The van der Waals surface area contributed by atoms with Crippen molar-refractivity contribution in [2.24, 2.45) is 5.73 Å². The highest BCUT2D eigenvalue weighted by molar-refractivity contribution is 7.15. The fourth-order valence-electron chi connectivity index (χ4n) is 1.93. The maximum atomic E-state index is 6.25. The number of benzene rings is 1. The Morgan fingerprint density at radius 2 is 1.89 bits per heavy atom. The zero-order chi connectivity index (χ0) is 14.2. The number of thiazole rings is 1. The van der Waals surface area contributed by atoms with Crippen LogP contribution in [0.25, 0.3) is 10.6 Å². The van der Waals surface area contributed by atoms with Gasteiger partial charge in [0, 0.05) is 21.9 Å². The van der Waals surface area contributed by atoms with E-state index in [1.165, 1.54) is 0 Å². The third-order valence-electron chi connectivity index (χ3n) is 2.88. The summed E-state index contributed by atoms with van der Waals surface area (Å²) < 4.78 is 0. The summed E-state index contributed by atoms with van der Waals surface area (Å²) in [6, 6.07) is 7.78. The summed E-state index contributed by atoms with van der Waals surface area (Å²) in [5.41, 5.74) is 8.11. The molecule has 0 aliphatic rings. The van der Waals surface area contributed by atoms with Gasteiger partial charge in [-0.3, -0.25) is 0 Å². The Kier molecular flexibility index (Phi) is 4.00. The van der Waals surface area contributed by atoms with Gasteiger partial charge >= 0.3 is 0 Å². The average molecular weight is 295 g/mol. The summed E-state index contributed by atoms with van der Waals surface area (Å²) in [6.07, 6.45) is 0. The van der Waals surface area contributed by atoms with Gasteiger partial charge in [-0.25, -0.2) is 4.98 Å². The van der Waals surface area contributed by atoms with Crippen molar-refractivity contribution in [2.75, 3.05) is 0 Å². The van der Waals surface area contributed by atoms with Gasteiger partial charge < -0.3 is 5.73 Å². The number of halogens is 1. The Morgan fingerprint density at radius 1 is 1.26 bits per heavy atom. The van der Waals surface area contributed by atoms with Gasteiger partial charge in [0.1, 0.15) is 5.01 Å². The molecule has 0 fully saturated rings. The van der Waals surface area contributed by atoms with Gasteiger partial charge in [-0.1, -0.05) is 50.6 Å². The lowest BCUT2D eigenvalue weighted by molar-refractivity contribution is 0.561. The molecule has 2 aromatic rings. The van der Waals surface area contributed by atoms with E-state index in [-0.39, 0.29) is 11.5 Å². The molecule has 0 bridgehead atoms. The minimum atomic E-state index is -0.0149. The van der Waals surface area contributed by atoms with Crippen molar-refractivity contribution in [2.45, 2.75) is 39.2 Å².